The van der Waals surface area contributed by atoms with Crippen LogP contribution in [0.4, 0.5) is 11.4 Å². The first-order valence-electron chi connectivity index (χ1n) is 8.87. The minimum Gasteiger partial charge on any atom is -0.370 e. The minimum atomic E-state index is -0.472. The van der Waals surface area contributed by atoms with Gasteiger partial charge in [0, 0.05) is 12.6 Å². The van der Waals surface area contributed by atoms with Gasteiger partial charge in [0.2, 0.25) is 5.91 Å². The van der Waals surface area contributed by atoms with E-state index in [2.05, 4.69) is 35.0 Å². The van der Waals surface area contributed by atoms with Crippen molar-refractivity contribution in [3.63, 3.8) is 0 Å². The third-order valence-corrected chi connectivity index (χ3v) is 4.88. The zero-order valence-electron chi connectivity index (χ0n) is 15.3. The van der Waals surface area contributed by atoms with Crippen molar-refractivity contribution in [2.75, 3.05) is 17.2 Å². The summed E-state index contributed by atoms with van der Waals surface area (Å²) in [5, 5.41) is 27.7. The van der Waals surface area contributed by atoms with Crippen molar-refractivity contribution in [1.29, 1.82) is 10.5 Å². The van der Waals surface area contributed by atoms with Gasteiger partial charge in [0.1, 0.15) is 12.1 Å². The summed E-state index contributed by atoms with van der Waals surface area (Å²) in [5.74, 6) is 0.109. The Balaban J connectivity index is 1.65. The molecule has 2 aromatic rings. The molecule has 1 heterocycles. The van der Waals surface area contributed by atoms with Crippen LogP contribution >= 0.6 is 0 Å². The predicted molar refractivity (Wildman–Crippen MR) is 104 cm³/mol. The van der Waals surface area contributed by atoms with E-state index in [1.54, 1.807) is 18.2 Å². The molecule has 0 fully saturated rings. The van der Waals surface area contributed by atoms with E-state index in [1.807, 2.05) is 31.2 Å². The highest BCUT2D eigenvalue weighted by molar-refractivity contribution is 6.04. The number of carbonyl (C=O) groups excluding carboxylic acids is 1. The number of fused-ring (bicyclic) bond motifs is 1. The highest BCUT2D eigenvalue weighted by Crippen LogP contribution is 2.30. The highest BCUT2D eigenvalue weighted by atomic mass is 16.2. The lowest BCUT2D eigenvalue weighted by molar-refractivity contribution is -0.117. The van der Waals surface area contributed by atoms with Crippen LogP contribution in [0.2, 0.25) is 0 Å². The monoisotopic (exact) mass is 359 g/mol. The summed E-state index contributed by atoms with van der Waals surface area (Å²) in [6, 6.07) is 16.5. The first-order chi connectivity index (χ1) is 13.0. The van der Waals surface area contributed by atoms with Crippen LogP contribution in [0, 0.1) is 22.7 Å². The van der Waals surface area contributed by atoms with Gasteiger partial charge >= 0.3 is 0 Å². The largest absolute Gasteiger partial charge is 0.370 e. The number of benzene rings is 2. The van der Waals surface area contributed by atoms with Gasteiger partial charge in [0.15, 0.2) is 0 Å². The molecular weight excluding hydrogens is 338 g/mol. The Bertz CT molecular complexity index is 923. The van der Waals surface area contributed by atoms with Crippen LogP contribution in [0.3, 0.4) is 0 Å². The molecule has 0 bridgehead atoms. The van der Waals surface area contributed by atoms with E-state index in [-0.39, 0.29) is 17.9 Å². The number of anilines is 2. The van der Waals surface area contributed by atoms with Crippen LogP contribution in [0.25, 0.3) is 0 Å². The average Bonchev–Trinajstić information content (AvgIpc) is 2.70. The SMILES string of the molecule is C[C@@H](CN[C@H](C)[C@@H]1Nc2c(C#N)cccc2NC1=O)c1ccc(C#N)cc1. The van der Waals surface area contributed by atoms with Crippen molar-refractivity contribution in [2.24, 2.45) is 0 Å². The molecule has 0 unspecified atom stereocenters. The van der Waals surface area contributed by atoms with E-state index < -0.39 is 6.04 Å². The van der Waals surface area contributed by atoms with Gasteiger partial charge in [0.05, 0.1) is 28.6 Å². The number of carbonyl (C=O) groups is 1. The molecule has 1 aliphatic rings. The third kappa shape index (κ3) is 3.92. The quantitative estimate of drug-likeness (QED) is 0.762. The number of amides is 1. The van der Waals surface area contributed by atoms with E-state index in [4.69, 9.17) is 5.26 Å². The Morgan fingerprint density at radius 2 is 1.85 bits per heavy atom. The molecule has 3 N–H and O–H groups in total. The molecule has 3 atom stereocenters. The van der Waals surface area contributed by atoms with Crippen LogP contribution in [0.1, 0.15) is 36.5 Å². The lowest BCUT2D eigenvalue weighted by Gasteiger charge is -2.32. The van der Waals surface area contributed by atoms with Gasteiger partial charge in [-0.2, -0.15) is 10.5 Å². The molecule has 3 rings (SSSR count). The summed E-state index contributed by atoms with van der Waals surface area (Å²) in [6.45, 7) is 4.73. The second kappa shape index (κ2) is 7.90. The van der Waals surface area contributed by atoms with Gasteiger partial charge in [0.25, 0.3) is 0 Å². The molecule has 1 aliphatic heterocycles. The maximum Gasteiger partial charge on any atom is 0.248 e. The predicted octanol–water partition coefficient (Wildman–Crippen LogP) is 2.94. The van der Waals surface area contributed by atoms with Crippen molar-refractivity contribution in [3.05, 3.63) is 59.2 Å². The maximum atomic E-state index is 12.5. The number of nitriles is 2. The van der Waals surface area contributed by atoms with Crippen molar-refractivity contribution >= 4 is 17.3 Å². The minimum absolute atomic E-state index is 0.122. The summed E-state index contributed by atoms with van der Waals surface area (Å²) >= 11 is 0. The summed E-state index contributed by atoms with van der Waals surface area (Å²) in [6.07, 6.45) is 0. The highest BCUT2D eigenvalue weighted by Gasteiger charge is 2.31. The van der Waals surface area contributed by atoms with Crippen LogP contribution in [0.15, 0.2) is 42.5 Å². The van der Waals surface area contributed by atoms with Crippen molar-refractivity contribution < 1.29 is 4.79 Å². The lowest BCUT2D eigenvalue weighted by atomic mass is 9.98. The smallest absolute Gasteiger partial charge is 0.248 e. The third-order valence-electron chi connectivity index (χ3n) is 4.88. The molecule has 6 heteroatoms. The maximum absolute atomic E-state index is 12.5. The fourth-order valence-corrected chi connectivity index (χ4v) is 3.17. The van der Waals surface area contributed by atoms with Gasteiger partial charge in [-0.1, -0.05) is 25.1 Å². The molecule has 2 aromatic carbocycles. The van der Waals surface area contributed by atoms with Gasteiger partial charge < -0.3 is 16.0 Å². The molecule has 1 amide bonds. The molecule has 0 saturated heterocycles. The van der Waals surface area contributed by atoms with E-state index >= 15 is 0 Å². The molecule has 136 valence electrons. The number of hydrogen-bond acceptors (Lipinski definition) is 5. The number of hydrogen-bond donors (Lipinski definition) is 3. The number of nitrogens with zero attached hydrogens (tertiary/aromatic N) is 2. The summed E-state index contributed by atoms with van der Waals surface area (Å²) < 4.78 is 0. The standard InChI is InChI=1S/C21H21N5O/c1-13(16-8-6-15(10-22)7-9-16)12-24-14(2)19-21(27)25-18-5-3-4-17(11-23)20(18)26-19/h3-9,13-14,19,24,26H,12H2,1-2H3,(H,25,27)/t13-,14+,19-/m0/s1. The first kappa shape index (κ1) is 18.4. The Morgan fingerprint density at radius 1 is 1.11 bits per heavy atom. The number of rotatable bonds is 5. The van der Waals surface area contributed by atoms with Gasteiger partial charge in [-0.3, -0.25) is 4.79 Å². The normalized spacial score (nSPS) is 17.5. The molecule has 0 aliphatic carbocycles. The van der Waals surface area contributed by atoms with Crippen LogP contribution < -0.4 is 16.0 Å². The van der Waals surface area contributed by atoms with Crippen molar-refractivity contribution in [2.45, 2.75) is 31.8 Å². The second-order valence-electron chi connectivity index (χ2n) is 6.78. The molecule has 0 aromatic heterocycles. The molecule has 6 nitrogen and oxygen atoms in total. The zero-order chi connectivity index (χ0) is 19.4. The van der Waals surface area contributed by atoms with Gasteiger partial charge in [-0.25, -0.2) is 0 Å². The molecule has 0 radical (unpaired) electrons. The van der Waals surface area contributed by atoms with E-state index in [1.165, 1.54) is 0 Å². The molecular formula is C21H21N5O. The molecule has 0 spiro atoms. The average molecular weight is 359 g/mol. The first-order valence-corrected chi connectivity index (χ1v) is 8.87. The summed E-state index contributed by atoms with van der Waals surface area (Å²) in [7, 11) is 0. The van der Waals surface area contributed by atoms with Crippen molar-refractivity contribution in [3.8, 4) is 12.1 Å². The number of para-hydroxylation sites is 1. The van der Waals surface area contributed by atoms with Gasteiger partial charge in [-0.05, 0) is 42.7 Å². The lowest BCUT2D eigenvalue weighted by Crippen LogP contribution is -2.52. The van der Waals surface area contributed by atoms with Crippen LogP contribution in [-0.2, 0) is 4.79 Å². The molecule has 27 heavy (non-hydrogen) atoms. The fourth-order valence-electron chi connectivity index (χ4n) is 3.17. The zero-order valence-corrected chi connectivity index (χ0v) is 15.3. The number of nitrogens with one attached hydrogen (secondary N) is 3. The topological polar surface area (TPSA) is 101 Å². The Hall–Kier alpha value is -3.35. The van der Waals surface area contributed by atoms with Gasteiger partial charge in [-0.15, -0.1) is 0 Å². The van der Waals surface area contributed by atoms with E-state index in [0.717, 1.165) is 5.56 Å². The second-order valence-corrected chi connectivity index (χ2v) is 6.78. The van der Waals surface area contributed by atoms with E-state index in [9.17, 15) is 10.1 Å². The van der Waals surface area contributed by atoms with Crippen LogP contribution in [0.5, 0.6) is 0 Å². The van der Waals surface area contributed by atoms with Crippen molar-refractivity contribution in [1.82, 2.24) is 5.32 Å². The van der Waals surface area contributed by atoms with E-state index in [0.29, 0.717) is 29.0 Å². The Morgan fingerprint density at radius 3 is 2.52 bits per heavy atom. The Kier molecular flexibility index (Phi) is 5.40. The Labute approximate surface area is 158 Å². The van der Waals surface area contributed by atoms with Crippen LogP contribution in [-0.4, -0.2) is 24.5 Å². The summed E-state index contributed by atoms with van der Waals surface area (Å²) in [5.41, 5.74) is 3.58. The summed E-state index contributed by atoms with van der Waals surface area (Å²) in [4.78, 5) is 12.5. The fraction of sp³-hybridized carbons (Fsp3) is 0.286. The molecule has 0 saturated carbocycles.